The summed E-state index contributed by atoms with van der Waals surface area (Å²) < 4.78 is 7.38. The molecule has 1 aromatic heterocycles. The highest BCUT2D eigenvalue weighted by atomic mass is 16.5. The molecule has 0 aliphatic rings. The molecule has 0 saturated heterocycles. The zero-order chi connectivity index (χ0) is 24.8. The Kier molecular flexibility index (Phi) is 7.98. The molecule has 4 aromatic rings. The van der Waals surface area contributed by atoms with Crippen molar-refractivity contribution < 1.29 is 9.53 Å². The van der Waals surface area contributed by atoms with Crippen molar-refractivity contribution in [2.75, 3.05) is 27.7 Å². The van der Waals surface area contributed by atoms with Gasteiger partial charge in [-0.2, -0.15) is 0 Å². The van der Waals surface area contributed by atoms with Crippen LogP contribution in [0, 0.1) is 0 Å². The van der Waals surface area contributed by atoms with Gasteiger partial charge in [0, 0.05) is 19.5 Å². The lowest BCUT2D eigenvalue weighted by Gasteiger charge is -2.14. The van der Waals surface area contributed by atoms with Crippen molar-refractivity contribution in [3.8, 4) is 11.1 Å². The van der Waals surface area contributed by atoms with Crippen LogP contribution in [0.25, 0.3) is 22.2 Å². The molecule has 5 nitrogen and oxygen atoms in total. The Labute approximate surface area is 208 Å². The molecule has 182 valence electrons. The summed E-state index contributed by atoms with van der Waals surface area (Å²) in [5.41, 5.74) is 7.35. The van der Waals surface area contributed by atoms with Crippen molar-refractivity contribution in [2.45, 2.75) is 39.2 Å². The van der Waals surface area contributed by atoms with Gasteiger partial charge in [-0.15, -0.1) is 0 Å². The van der Waals surface area contributed by atoms with E-state index in [1.54, 1.807) is 0 Å². The monoisotopic (exact) mass is 469 g/mol. The summed E-state index contributed by atoms with van der Waals surface area (Å²) in [4.78, 5) is 19.5. The van der Waals surface area contributed by atoms with Crippen LogP contribution in [0.5, 0.6) is 0 Å². The van der Waals surface area contributed by atoms with Gasteiger partial charge in [0.1, 0.15) is 5.82 Å². The normalized spacial score (nSPS) is 11.3. The minimum atomic E-state index is -0.319. The lowest BCUT2D eigenvalue weighted by atomic mass is 9.98. The average molecular weight is 470 g/mol. The molecule has 0 fully saturated rings. The molecule has 0 radical (unpaired) electrons. The number of hydrogen-bond donors (Lipinski definition) is 0. The van der Waals surface area contributed by atoms with Gasteiger partial charge in [0.05, 0.1) is 23.7 Å². The van der Waals surface area contributed by atoms with Crippen molar-refractivity contribution in [1.82, 2.24) is 14.5 Å². The van der Waals surface area contributed by atoms with E-state index in [-0.39, 0.29) is 5.97 Å². The van der Waals surface area contributed by atoms with E-state index in [2.05, 4.69) is 73.0 Å². The molecule has 0 saturated carbocycles. The maximum absolute atomic E-state index is 12.2. The Morgan fingerprint density at radius 1 is 0.971 bits per heavy atom. The summed E-state index contributed by atoms with van der Waals surface area (Å²) >= 11 is 0. The average Bonchev–Trinajstić information content (AvgIpc) is 3.23. The Morgan fingerprint density at radius 3 is 2.46 bits per heavy atom. The Morgan fingerprint density at radius 2 is 1.74 bits per heavy atom. The van der Waals surface area contributed by atoms with Crippen LogP contribution in [0.4, 0.5) is 0 Å². The predicted octanol–water partition coefficient (Wildman–Crippen LogP) is 5.98. The number of aryl methyl sites for hydroxylation is 1. The van der Waals surface area contributed by atoms with Crippen LogP contribution in [-0.4, -0.2) is 48.2 Å². The smallest absolute Gasteiger partial charge is 0.338 e. The zero-order valence-corrected chi connectivity index (χ0v) is 21.3. The standard InChI is InChI=1S/C30H35N3O2/c1-5-6-14-28-31-27-13-9-10-24(19-20-32(2)3)29(27)33(28)21-22-15-17-23(18-16-22)25-11-7-8-12-26(25)30(34)35-4/h7-13,15-18H,5-6,14,19-21H2,1-4H3. The Hall–Kier alpha value is -3.44. The molecule has 0 aliphatic carbocycles. The third-order valence-electron chi connectivity index (χ3n) is 6.45. The number of nitrogens with zero attached hydrogens (tertiary/aromatic N) is 3. The quantitative estimate of drug-likeness (QED) is 0.268. The Bertz CT molecular complexity index is 1290. The molecule has 5 heteroatoms. The number of fused-ring (bicyclic) bond motifs is 1. The fourth-order valence-electron chi connectivity index (χ4n) is 4.55. The molecule has 35 heavy (non-hydrogen) atoms. The third kappa shape index (κ3) is 5.63. The lowest BCUT2D eigenvalue weighted by molar-refractivity contribution is 0.0601. The first kappa shape index (κ1) is 24.7. The third-order valence-corrected chi connectivity index (χ3v) is 6.45. The van der Waals surface area contributed by atoms with Crippen LogP contribution in [0.2, 0.25) is 0 Å². The molecular weight excluding hydrogens is 434 g/mol. The number of likely N-dealkylation sites (N-methyl/N-ethyl adjacent to an activating group) is 1. The molecule has 0 amide bonds. The molecule has 0 N–H and O–H groups in total. The van der Waals surface area contributed by atoms with E-state index < -0.39 is 0 Å². The molecule has 4 rings (SSSR count). The van der Waals surface area contributed by atoms with Gasteiger partial charge in [-0.3, -0.25) is 0 Å². The van der Waals surface area contributed by atoms with Gasteiger partial charge in [0.25, 0.3) is 0 Å². The van der Waals surface area contributed by atoms with Gasteiger partial charge in [0.15, 0.2) is 0 Å². The van der Waals surface area contributed by atoms with E-state index in [0.29, 0.717) is 5.56 Å². The number of methoxy groups -OCH3 is 1. The van der Waals surface area contributed by atoms with Crippen LogP contribution in [-0.2, 0) is 24.1 Å². The highest BCUT2D eigenvalue weighted by Crippen LogP contribution is 2.27. The van der Waals surface area contributed by atoms with E-state index in [9.17, 15) is 4.79 Å². The van der Waals surface area contributed by atoms with Gasteiger partial charge in [-0.25, -0.2) is 9.78 Å². The summed E-state index contributed by atoms with van der Waals surface area (Å²) in [5, 5.41) is 0. The molecule has 3 aromatic carbocycles. The molecule has 1 heterocycles. The van der Waals surface area contributed by atoms with Crippen molar-refractivity contribution in [3.05, 3.63) is 89.2 Å². The summed E-state index contributed by atoms with van der Waals surface area (Å²) in [6.07, 6.45) is 4.24. The minimum Gasteiger partial charge on any atom is -0.465 e. The maximum atomic E-state index is 12.2. The number of hydrogen-bond acceptors (Lipinski definition) is 4. The molecule has 0 unspecified atom stereocenters. The number of para-hydroxylation sites is 1. The Balaban J connectivity index is 1.69. The second-order valence-corrected chi connectivity index (χ2v) is 9.29. The number of esters is 1. The van der Waals surface area contributed by atoms with E-state index in [1.165, 1.54) is 23.8 Å². The van der Waals surface area contributed by atoms with Crippen molar-refractivity contribution in [2.24, 2.45) is 0 Å². The zero-order valence-electron chi connectivity index (χ0n) is 21.3. The van der Waals surface area contributed by atoms with Gasteiger partial charge in [0.2, 0.25) is 0 Å². The molecule has 0 spiro atoms. The first-order valence-electron chi connectivity index (χ1n) is 12.4. The number of aromatic nitrogens is 2. The van der Waals surface area contributed by atoms with Crippen molar-refractivity contribution in [1.29, 1.82) is 0 Å². The summed E-state index contributed by atoms with van der Waals surface area (Å²) in [5.74, 6) is 0.833. The van der Waals surface area contributed by atoms with Crippen molar-refractivity contribution >= 4 is 17.0 Å². The van der Waals surface area contributed by atoms with Crippen molar-refractivity contribution in [3.63, 3.8) is 0 Å². The molecule has 0 bridgehead atoms. The fourth-order valence-corrected chi connectivity index (χ4v) is 4.55. The maximum Gasteiger partial charge on any atom is 0.338 e. The van der Waals surface area contributed by atoms with Gasteiger partial charge in [-0.1, -0.05) is 67.9 Å². The van der Waals surface area contributed by atoms with Crippen LogP contribution in [0.1, 0.15) is 47.1 Å². The molecule has 0 aliphatic heterocycles. The summed E-state index contributed by atoms with van der Waals surface area (Å²) in [7, 11) is 5.65. The number of rotatable bonds is 10. The van der Waals surface area contributed by atoms with Gasteiger partial charge < -0.3 is 14.2 Å². The number of benzene rings is 3. The van der Waals surface area contributed by atoms with Crippen LogP contribution >= 0.6 is 0 Å². The van der Waals surface area contributed by atoms with Crippen LogP contribution in [0.15, 0.2) is 66.7 Å². The lowest BCUT2D eigenvalue weighted by Crippen LogP contribution is -2.15. The second-order valence-electron chi connectivity index (χ2n) is 9.29. The van der Waals surface area contributed by atoms with Gasteiger partial charge in [-0.05, 0) is 61.3 Å². The van der Waals surface area contributed by atoms with Crippen LogP contribution in [0.3, 0.4) is 0 Å². The van der Waals surface area contributed by atoms with E-state index >= 15 is 0 Å². The number of carbonyl (C=O) groups excluding carboxylic acids is 1. The second kappa shape index (κ2) is 11.3. The summed E-state index contributed by atoms with van der Waals surface area (Å²) in [6, 6.07) is 22.6. The first-order chi connectivity index (χ1) is 17.0. The number of imidazole rings is 1. The van der Waals surface area contributed by atoms with E-state index in [4.69, 9.17) is 9.72 Å². The molecule has 0 atom stereocenters. The number of ether oxygens (including phenoxy) is 1. The van der Waals surface area contributed by atoms with Crippen LogP contribution < -0.4 is 0 Å². The largest absolute Gasteiger partial charge is 0.465 e. The fraction of sp³-hybridized carbons (Fsp3) is 0.333. The highest BCUT2D eigenvalue weighted by molar-refractivity contribution is 5.97. The van der Waals surface area contributed by atoms with E-state index in [0.717, 1.165) is 61.2 Å². The molecular formula is C30H35N3O2. The first-order valence-corrected chi connectivity index (χ1v) is 12.4. The number of unbranched alkanes of at least 4 members (excludes halogenated alkanes) is 1. The van der Waals surface area contributed by atoms with Gasteiger partial charge >= 0.3 is 5.97 Å². The summed E-state index contributed by atoms with van der Waals surface area (Å²) in [6.45, 7) is 4.00. The van der Waals surface area contributed by atoms with E-state index in [1.807, 2.05) is 24.3 Å². The highest BCUT2D eigenvalue weighted by Gasteiger charge is 2.16. The topological polar surface area (TPSA) is 47.4 Å². The predicted molar refractivity (Wildman–Crippen MR) is 143 cm³/mol. The SMILES string of the molecule is CCCCc1nc2cccc(CCN(C)C)c2n1Cc1ccc(-c2ccccc2C(=O)OC)cc1. The minimum absolute atomic E-state index is 0.319. The number of carbonyl (C=O) groups is 1.